The molecule has 0 N–H and O–H groups in total. The van der Waals surface area contributed by atoms with Gasteiger partial charge in [0.05, 0.1) is 11.4 Å². The van der Waals surface area contributed by atoms with Gasteiger partial charge in [-0.1, -0.05) is 42.5 Å². The van der Waals surface area contributed by atoms with Crippen LogP contribution in [0.1, 0.15) is 21.5 Å². The first kappa shape index (κ1) is 23.8. The van der Waals surface area contributed by atoms with Gasteiger partial charge in [0.2, 0.25) is 0 Å². The minimum atomic E-state index is -0.331. The monoisotopic (exact) mass is 501 g/mol. The van der Waals surface area contributed by atoms with E-state index in [2.05, 4.69) is 4.90 Å². The minimum Gasteiger partial charge on any atom is -0.368 e. The fourth-order valence-electron chi connectivity index (χ4n) is 4.32. The predicted molar refractivity (Wildman–Crippen MR) is 139 cm³/mol. The van der Waals surface area contributed by atoms with E-state index < -0.39 is 0 Å². The van der Waals surface area contributed by atoms with Crippen molar-refractivity contribution >= 4 is 40.6 Å². The van der Waals surface area contributed by atoms with Crippen molar-refractivity contribution in [2.45, 2.75) is 6.54 Å². The Hall–Kier alpha value is -3.91. The van der Waals surface area contributed by atoms with Crippen molar-refractivity contribution < 1.29 is 18.8 Å². The van der Waals surface area contributed by atoms with Crippen LogP contribution in [0.2, 0.25) is 0 Å². The maximum atomic E-state index is 13.2. The molecule has 0 radical (unpaired) electrons. The first-order chi connectivity index (χ1) is 17.5. The topological polar surface area (TPSA) is 60.9 Å². The summed E-state index contributed by atoms with van der Waals surface area (Å²) in [6, 6.07) is 22.9. The Morgan fingerprint density at radius 3 is 2.33 bits per heavy atom. The number of hydrogen-bond donors (Lipinski definition) is 0. The second-order valence-electron chi connectivity index (χ2n) is 8.63. The molecule has 0 aliphatic carbocycles. The first-order valence-corrected chi connectivity index (χ1v) is 12.5. The minimum absolute atomic E-state index is 0.0822. The fraction of sp³-hybridized carbons (Fsp3) is 0.179. The molecule has 0 aromatic heterocycles. The third-order valence-electron chi connectivity index (χ3n) is 6.25. The number of carbonyl (C=O) groups is 3. The van der Waals surface area contributed by atoms with Crippen LogP contribution in [-0.4, -0.2) is 53.0 Å². The lowest BCUT2D eigenvalue weighted by atomic mass is 10.1. The molecule has 2 aliphatic heterocycles. The largest absolute Gasteiger partial charge is 0.368 e. The molecule has 0 spiro atoms. The molecule has 3 amide bonds. The Kier molecular flexibility index (Phi) is 6.86. The molecule has 2 heterocycles. The summed E-state index contributed by atoms with van der Waals surface area (Å²) in [4.78, 5) is 44.0. The second kappa shape index (κ2) is 10.4. The van der Waals surface area contributed by atoms with Gasteiger partial charge in [0.25, 0.3) is 17.1 Å². The number of thioether (sulfide) groups is 1. The molecular weight excluding hydrogens is 477 g/mol. The van der Waals surface area contributed by atoms with Crippen molar-refractivity contribution in [1.82, 2.24) is 9.80 Å². The highest BCUT2D eigenvalue weighted by Gasteiger charge is 2.35. The molecule has 0 saturated carbocycles. The van der Waals surface area contributed by atoms with Crippen LogP contribution < -0.4 is 4.90 Å². The van der Waals surface area contributed by atoms with Gasteiger partial charge >= 0.3 is 0 Å². The third kappa shape index (κ3) is 5.18. The highest BCUT2D eigenvalue weighted by atomic mass is 32.2. The predicted octanol–water partition coefficient (Wildman–Crippen LogP) is 5.02. The zero-order valence-corrected chi connectivity index (χ0v) is 20.3. The number of halogens is 1. The van der Waals surface area contributed by atoms with Crippen molar-refractivity contribution in [1.29, 1.82) is 0 Å². The van der Waals surface area contributed by atoms with Gasteiger partial charge in [0, 0.05) is 37.4 Å². The molecule has 0 bridgehead atoms. The van der Waals surface area contributed by atoms with Gasteiger partial charge in [-0.05, 0) is 65.4 Å². The van der Waals surface area contributed by atoms with Crippen LogP contribution >= 0.6 is 11.8 Å². The van der Waals surface area contributed by atoms with Crippen LogP contribution in [0.3, 0.4) is 0 Å². The number of anilines is 1. The Bertz CT molecular complexity index is 1320. The van der Waals surface area contributed by atoms with Crippen molar-refractivity contribution in [2.75, 3.05) is 31.1 Å². The molecule has 0 unspecified atom stereocenters. The van der Waals surface area contributed by atoms with E-state index in [-0.39, 0.29) is 29.4 Å². The summed E-state index contributed by atoms with van der Waals surface area (Å²) in [6.45, 7) is 2.65. The van der Waals surface area contributed by atoms with Crippen molar-refractivity contribution in [3.05, 3.63) is 106 Å². The van der Waals surface area contributed by atoms with Gasteiger partial charge in [-0.15, -0.1) is 0 Å². The highest BCUT2D eigenvalue weighted by molar-refractivity contribution is 8.18. The molecule has 3 aromatic carbocycles. The highest BCUT2D eigenvalue weighted by Crippen LogP contribution is 2.33. The van der Waals surface area contributed by atoms with Gasteiger partial charge < -0.3 is 9.80 Å². The van der Waals surface area contributed by atoms with Crippen LogP contribution in [-0.2, 0) is 11.3 Å². The number of piperazine rings is 1. The van der Waals surface area contributed by atoms with E-state index >= 15 is 0 Å². The first-order valence-electron chi connectivity index (χ1n) is 11.7. The van der Waals surface area contributed by atoms with E-state index in [1.165, 1.54) is 17.0 Å². The standard InChI is InChI=1S/C28H24FN3O3S/c29-23-9-11-24(12-10-23)30-13-15-31(16-14-30)26(33)22-8-4-7-21(17-22)18-25-27(34)32(28(35)36-25)19-20-5-2-1-3-6-20/h1-12,17-18H,13-16,19H2. The lowest BCUT2D eigenvalue weighted by molar-refractivity contribution is -0.123. The molecule has 0 atom stereocenters. The van der Waals surface area contributed by atoms with Gasteiger partial charge in [-0.2, -0.15) is 0 Å². The zero-order valence-electron chi connectivity index (χ0n) is 19.5. The lowest BCUT2D eigenvalue weighted by Gasteiger charge is -2.36. The SMILES string of the molecule is O=C(c1cccc(C=C2SC(=O)N(Cc3ccccc3)C2=O)c1)N1CCN(c2ccc(F)cc2)CC1. The summed E-state index contributed by atoms with van der Waals surface area (Å²) in [7, 11) is 0. The Labute approximate surface area is 213 Å². The van der Waals surface area contributed by atoms with Crippen LogP contribution in [0, 0.1) is 5.82 Å². The molecule has 8 heteroatoms. The van der Waals surface area contributed by atoms with Gasteiger partial charge in [-0.3, -0.25) is 19.3 Å². The van der Waals surface area contributed by atoms with E-state index in [1.807, 2.05) is 36.4 Å². The number of benzene rings is 3. The summed E-state index contributed by atoms with van der Waals surface area (Å²) < 4.78 is 13.2. The van der Waals surface area contributed by atoms with Gasteiger partial charge in [0.15, 0.2) is 0 Å². The van der Waals surface area contributed by atoms with E-state index in [0.717, 1.165) is 23.0 Å². The number of imide groups is 1. The average Bonchev–Trinajstić information content (AvgIpc) is 3.17. The molecule has 36 heavy (non-hydrogen) atoms. The maximum absolute atomic E-state index is 13.2. The number of nitrogens with zero attached hydrogens (tertiary/aromatic N) is 3. The summed E-state index contributed by atoms with van der Waals surface area (Å²) >= 11 is 0.911. The van der Waals surface area contributed by atoms with E-state index in [1.54, 1.807) is 41.3 Å². The molecule has 6 nitrogen and oxygen atoms in total. The Morgan fingerprint density at radius 2 is 1.61 bits per heavy atom. The van der Waals surface area contributed by atoms with E-state index in [4.69, 9.17) is 0 Å². The fourth-order valence-corrected chi connectivity index (χ4v) is 5.16. The molecule has 5 rings (SSSR count). The van der Waals surface area contributed by atoms with E-state index in [0.29, 0.717) is 42.2 Å². The second-order valence-corrected chi connectivity index (χ2v) is 9.63. The summed E-state index contributed by atoms with van der Waals surface area (Å²) in [5.41, 5.74) is 3.04. The van der Waals surface area contributed by atoms with Gasteiger partial charge in [0.1, 0.15) is 5.82 Å². The summed E-state index contributed by atoms with van der Waals surface area (Å²) in [5, 5.41) is -0.304. The Balaban J connectivity index is 1.25. The Morgan fingerprint density at radius 1 is 0.889 bits per heavy atom. The quantitative estimate of drug-likeness (QED) is 0.459. The lowest BCUT2D eigenvalue weighted by Crippen LogP contribution is -2.48. The van der Waals surface area contributed by atoms with Crippen LogP contribution in [0.4, 0.5) is 14.9 Å². The normalized spacial score (nSPS) is 17.2. The van der Waals surface area contributed by atoms with Crippen LogP contribution in [0.5, 0.6) is 0 Å². The molecular formula is C28H24FN3O3S. The molecule has 2 saturated heterocycles. The molecule has 2 fully saturated rings. The number of amides is 3. The molecule has 182 valence electrons. The van der Waals surface area contributed by atoms with Crippen LogP contribution in [0.15, 0.2) is 83.8 Å². The van der Waals surface area contributed by atoms with Gasteiger partial charge in [-0.25, -0.2) is 4.39 Å². The van der Waals surface area contributed by atoms with E-state index in [9.17, 15) is 18.8 Å². The number of carbonyl (C=O) groups excluding carboxylic acids is 3. The molecule has 3 aromatic rings. The van der Waals surface area contributed by atoms with Crippen molar-refractivity contribution in [3.63, 3.8) is 0 Å². The number of rotatable bonds is 5. The smallest absolute Gasteiger partial charge is 0.293 e. The summed E-state index contributed by atoms with van der Waals surface area (Å²) in [6.07, 6.45) is 1.67. The van der Waals surface area contributed by atoms with Crippen molar-refractivity contribution in [3.8, 4) is 0 Å². The number of hydrogen-bond acceptors (Lipinski definition) is 5. The van der Waals surface area contributed by atoms with Crippen molar-refractivity contribution in [2.24, 2.45) is 0 Å². The average molecular weight is 502 g/mol. The maximum Gasteiger partial charge on any atom is 0.293 e. The third-order valence-corrected chi connectivity index (χ3v) is 7.15. The molecule has 2 aliphatic rings. The zero-order chi connectivity index (χ0) is 25.1. The summed E-state index contributed by atoms with van der Waals surface area (Å²) in [5.74, 6) is -0.683. The van der Waals surface area contributed by atoms with Crippen LogP contribution in [0.25, 0.3) is 6.08 Å².